The summed E-state index contributed by atoms with van der Waals surface area (Å²) in [6, 6.07) is 13.8. The number of amides is 2. The van der Waals surface area contributed by atoms with E-state index in [1.165, 1.54) is 17.7 Å². The van der Waals surface area contributed by atoms with Gasteiger partial charge in [0.25, 0.3) is 0 Å². The van der Waals surface area contributed by atoms with Gasteiger partial charge in [0.15, 0.2) is 0 Å². The predicted octanol–water partition coefficient (Wildman–Crippen LogP) is 5.50. The Balaban J connectivity index is 1.96. The fraction of sp³-hybridized carbons (Fsp3) is 0.440. The Morgan fingerprint density at radius 3 is 2.34 bits per heavy atom. The van der Waals surface area contributed by atoms with Gasteiger partial charge in [-0.1, -0.05) is 67.6 Å². The highest BCUT2D eigenvalue weighted by Crippen LogP contribution is 2.29. The number of para-hydroxylation sites is 1. The van der Waals surface area contributed by atoms with Crippen LogP contribution in [0.4, 0.5) is 0 Å². The molecule has 2 amide bonds. The lowest BCUT2D eigenvalue weighted by Gasteiger charge is -2.32. The molecule has 0 spiro atoms. The lowest BCUT2D eigenvalue weighted by atomic mass is 10.0. The van der Waals surface area contributed by atoms with Gasteiger partial charge in [-0.05, 0) is 36.6 Å². The molecule has 1 saturated carbocycles. The van der Waals surface area contributed by atoms with Crippen LogP contribution in [0.15, 0.2) is 48.5 Å². The molecule has 0 bridgehead atoms. The second kappa shape index (κ2) is 12.1. The normalized spacial score (nSPS) is 15.5. The molecule has 1 fully saturated rings. The van der Waals surface area contributed by atoms with Gasteiger partial charge in [0.05, 0.1) is 13.7 Å². The Morgan fingerprint density at radius 2 is 1.72 bits per heavy atom. The van der Waals surface area contributed by atoms with Crippen LogP contribution in [-0.4, -0.2) is 35.7 Å². The van der Waals surface area contributed by atoms with E-state index < -0.39 is 6.04 Å². The van der Waals surface area contributed by atoms with Gasteiger partial charge in [-0.3, -0.25) is 9.59 Å². The van der Waals surface area contributed by atoms with Gasteiger partial charge >= 0.3 is 0 Å². The molecule has 0 aromatic heterocycles. The number of nitrogens with zero attached hydrogens (tertiary/aromatic N) is 1. The molecule has 1 aliphatic rings. The quantitative estimate of drug-likeness (QED) is 0.404. The molecular formula is C25H30Cl2N2O3. The third-order valence-corrected chi connectivity index (χ3v) is 6.40. The average Bonchev–Trinajstić information content (AvgIpc) is 3.08. The zero-order valence-electron chi connectivity index (χ0n) is 18.4. The van der Waals surface area contributed by atoms with Crippen LogP contribution in [0.1, 0.15) is 55.7 Å². The molecule has 0 aliphatic heterocycles. The van der Waals surface area contributed by atoms with Crippen molar-refractivity contribution < 1.29 is 14.3 Å². The molecule has 0 heterocycles. The summed E-state index contributed by atoms with van der Waals surface area (Å²) in [5, 5.41) is 3.77. The summed E-state index contributed by atoms with van der Waals surface area (Å²) < 4.78 is 5.47. The second-order valence-corrected chi connectivity index (χ2v) is 8.82. The van der Waals surface area contributed by atoms with Crippen molar-refractivity contribution >= 4 is 35.0 Å². The van der Waals surface area contributed by atoms with E-state index in [2.05, 4.69) is 5.32 Å². The molecule has 1 atom stereocenters. The number of halogens is 2. The standard InChI is InChI=1S/C25H30Cl2N2O3/c1-32-22-11-7-6-8-19(22)17-29(23(30)16-26)24(18-12-14-20(27)15-13-18)25(31)28-21-9-4-2-3-5-10-21/h6-8,11-15,21,24H,2-5,9-10,16-17H2,1H3,(H,28,31). The Bertz CT molecular complexity index is 896. The van der Waals surface area contributed by atoms with Crippen molar-refractivity contribution in [1.29, 1.82) is 0 Å². The zero-order valence-corrected chi connectivity index (χ0v) is 19.9. The number of hydrogen-bond donors (Lipinski definition) is 1. The van der Waals surface area contributed by atoms with Crippen LogP contribution >= 0.6 is 23.2 Å². The van der Waals surface area contributed by atoms with Gasteiger partial charge < -0.3 is 15.0 Å². The first-order valence-corrected chi connectivity index (χ1v) is 12.0. The van der Waals surface area contributed by atoms with Crippen molar-refractivity contribution in [3.8, 4) is 5.75 Å². The van der Waals surface area contributed by atoms with E-state index in [-0.39, 0.29) is 30.3 Å². The minimum atomic E-state index is -0.827. The van der Waals surface area contributed by atoms with Gasteiger partial charge in [0.1, 0.15) is 17.7 Å². The van der Waals surface area contributed by atoms with Crippen molar-refractivity contribution in [2.24, 2.45) is 0 Å². The maximum absolute atomic E-state index is 13.6. The summed E-state index contributed by atoms with van der Waals surface area (Å²) >= 11 is 12.1. The van der Waals surface area contributed by atoms with Gasteiger partial charge in [-0.2, -0.15) is 0 Å². The Hall–Kier alpha value is -2.24. The molecular weight excluding hydrogens is 447 g/mol. The maximum atomic E-state index is 13.6. The average molecular weight is 477 g/mol. The predicted molar refractivity (Wildman–Crippen MR) is 128 cm³/mol. The molecule has 7 heteroatoms. The van der Waals surface area contributed by atoms with E-state index in [9.17, 15) is 9.59 Å². The van der Waals surface area contributed by atoms with Crippen LogP contribution < -0.4 is 10.1 Å². The van der Waals surface area contributed by atoms with E-state index >= 15 is 0 Å². The molecule has 5 nitrogen and oxygen atoms in total. The zero-order chi connectivity index (χ0) is 22.9. The highest BCUT2D eigenvalue weighted by Gasteiger charge is 2.33. The van der Waals surface area contributed by atoms with E-state index in [0.29, 0.717) is 16.3 Å². The SMILES string of the molecule is COc1ccccc1CN(C(=O)CCl)C(C(=O)NC1CCCCCC1)c1ccc(Cl)cc1. The summed E-state index contributed by atoms with van der Waals surface area (Å²) in [5.41, 5.74) is 1.49. The van der Waals surface area contributed by atoms with Crippen LogP contribution in [0.5, 0.6) is 5.75 Å². The molecule has 1 aliphatic carbocycles. The molecule has 32 heavy (non-hydrogen) atoms. The monoisotopic (exact) mass is 476 g/mol. The number of benzene rings is 2. The van der Waals surface area contributed by atoms with Crippen LogP contribution in [-0.2, 0) is 16.1 Å². The molecule has 2 aromatic carbocycles. The van der Waals surface area contributed by atoms with Crippen molar-refractivity contribution in [2.45, 2.75) is 57.2 Å². The summed E-state index contributed by atoms with van der Waals surface area (Å²) in [7, 11) is 1.59. The number of hydrogen-bond acceptors (Lipinski definition) is 3. The third kappa shape index (κ3) is 6.39. The minimum absolute atomic E-state index is 0.110. The summed E-state index contributed by atoms with van der Waals surface area (Å²) in [6.45, 7) is 0.195. The lowest BCUT2D eigenvalue weighted by molar-refractivity contribution is -0.140. The Morgan fingerprint density at radius 1 is 1.06 bits per heavy atom. The lowest BCUT2D eigenvalue weighted by Crippen LogP contribution is -2.46. The van der Waals surface area contributed by atoms with Gasteiger partial charge in [-0.15, -0.1) is 11.6 Å². The number of methoxy groups -OCH3 is 1. The first-order chi connectivity index (χ1) is 15.5. The van der Waals surface area contributed by atoms with Crippen molar-refractivity contribution in [1.82, 2.24) is 10.2 Å². The molecule has 0 radical (unpaired) electrons. The number of rotatable bonds is 8. The largest absolute Gasteiger partial charge is 0.496 e. The first kappa shape index (κ1) is 24.4. The van der Waals surface area contributed by atoms with Gasteiger partial charge in [0, 0.05) is 16.6 Å². The van der Waals surface area contributed by atoms with E-state index in [4.69, 9.17) is 27.9 Å². The molecule has 1 N–H and O–H groups in total. The first-order valence-electron chi connectivity index (χ1n) is 11.1. The number of ether oxygens (including phenoxy) is 1. The van der Waals surface area contributed by atoms with Crippen LogP contribution in [0.3, 0.4) is 0 Å². The fourth-order valence-corrected chi connectivity index (χ4v) is 4.52. The smallest absolute Gasteiger partial charge is 0.247 e. The van der Waals surface area contributed by atoms with E-state index in [0.717, 1.165) is 31.2 Å². The van der Waals surface area contributed by atoms with Crippen molar-refractivity contribution in [3.05, 3.63) is 64.7 Å². The van der Waals surface area contributed by atoms with Crippen LogP contribution in [0.2, 0.25) is 5.02 Å². The highest BCUT2D eigenvalue weighted by atomic mass is 35.5. The third-order valence-electron chi connectivity index (χ3n) is 5.92. The molecule has 0 saturated heterocycles. The Kier molecular flexibility index (Phi) is 9.24. The number of carbonyl (C=O) groups excluding carboxylic acids is 2. The summed E-state index contributed by atoms with van der Waals surface area (Å²) in [6.07, 6.45) is 6.49. The van der Waals surface area contributed by atoms with Crippen LogP contribution in [0.25, 0.3) is 0 Å². The summed E-state index contributed by atoms with van der Waals surface area (Å²) in [5.74, 6) is -0.101. The van der Waals surface area contributed by atoms with Crippen LogP contribution in [0, 0.1) is 0 Å². The van der Waals surface area contributed by atoms with Gasteiger partial charge in [0.2, 0.25) is 11.8 Å². The van der Waals surface area contributed by atoms with Gasteiger partial charge in [-0.25, -0.2) is 0 Å². The molecule has 2 aromatic rings. The van der Waals surface area contributed by atoms with Crippen molar-refractivity contribution in [2.75, 3.05) is 13.0 Å². The second-order valence-electron chi connectivity index (χ2n) is 8.12. The van der Waals surface area contributed by atoms with Crippen molar-refractivity contribution in [3.63, 3.8) is 0 Å². The van der Waals surface area contributed by atoms with E-state index in [1.54, 1.807) is 31.4 Å². The number of carbonyl (C=O) groups is 2. The Labute approximate surface area is 200 Å². The maximum Gasteiger partial charge on any atom is 0.247 e. The molecule has 3 rings (SSSR count). The van der Waals surface area contributed by atoms with E-state index in [1.807, 2.05) is 24.3 Å². The molecule has 1 unspecified atom stereocenters. The topological polar surface area (TPSA) is 58.6 Å². The summed E-state index contributed by atoms with van der Waals surface area (Å²) in [4.78, 5) is 28.1. The number of nitrogens with one attached hydrogen (secondary N) is 1. The number of alkyl halides is 1. The highest BCUT2D eigenvalue weighted by molar-refractivity contribution is 6.30. The minimum Gasteiger partial charge on any atom is -0.496 e. The fourth-order valence-electron chi connectivity index (χ4n) is 4.24. The molecule has 172 valence electrons.